The molecule has 0 spiro atoms. The lowest BCUT2D eigenvalue weighted by Gasteiger charge is -2.03. The summed E-state index contributed by atoms with van der Waals surface area (Å²) in [6.45, 7) is 1.53. The Morgan fingerprint density at radius 3 is 2.78 bits per heavy atom. The molecule has 2 rings (SSSR count). The van der Waals surface area contributed by atoms with Crippen LogP contribution in [0.3, 0.4) is 0 Å². The van der Waals surface area contributed by atoms with Crippen LogP contribution in [-0.2, 0) is 6.54 Å². The molecule has 0 aliphatic carbocycles. The minimum Gasteiger partial charge on any atom is -0.478 e. The van der Waals surface area contributed by atoms with Gasteiger partial charge in [-0.3, -0.25) is 4.68 Å². The van der Waals surface area contributed by atoms with E-state index in [2.05, 4.69) is 5.10 Å². The first kappa shape index (κ1) is 12.2. The Balaban J connectivity index is 2.32. The second-order valence-electron chi connectivity index (χ2n) is 3.84. The first-order chi connectivity index (χ1) is 8.49. The molecule has 0 atom stereocenters. The highest BCUT2D eigenvalue weighted by Gasteiger charge is 2.13. The van der Waals surface area contributed by atoms with Crippen LogP contribution in [0.4, 0.5) is 8.78 Å². The van der Waals surface area contributed by atoms with Crippen molar-refractivity contribution in [3.63, 3.8) is 0 Å². The third kappa shape index (κ3) is 2.22. The molecule has 0 saturated heterocycles. The Labute approximate surface area is 101 Å². The Bertz CT molecular complexity index is 608. The van der Waals surface area contributed by atoms with Gasteiger partial charge in [0.15, 0.2) is 11.6 Å². The van der Waals surface area contributed by atoms with E-state index in [1.807, 2.05) is 0 Å². The molecule has 18 heavy (non-hydrogen) atoms. The lowest BCUT2D eigenvalue weighted by atomic mass is 10.2. The van der Waals surface area contributed by atoms with Crippen molar-refractivity contribution >= 4 is 5.97 Å². The van der Waals surface area contributed by atoms with E-state index in [0.717, 1.165) is 6.07 Å². The van der Waals surface area contributed by atoms with E-state index in [0.29, 0.717) is 5.69 Å². The van der Waals surface area contributed by atoms with Crippen LogP contribution >= 0.6 is 0 Å². The van der Waals surface area contributed by atoms with E-state index < -0.39 is 17.6 Å². The maximum atomic E-state index is 13.4. The van der Waals surface area contributed by atoms with E-state index in [4.69, 9.17) is 5.11 Å². The van der Waals surface area contributed by atoms with Crippen molar-refractivity contribution < 1.29 is 18.7 Å². The molecule has 0 bridgehead atoms. The van der Waals surface area contributed by atoms with Crippen molar-refractivity contribution in [2.24, 2.45) is 0 Å². The molecule has 0 radical (unpaired) electrons. The molecular formula is C12H10F2N2O2. The molecule has 0 fully saturated rings. The molecule has 1 heterocycles. The van der Waals surface area contributed by atoms with Crippen LogP contribution in [0.15, 0.2) is 24.4 Å². The van der Waals surface area contributed by atoms with Crippen molar-refractivity contribution in [3.05, 3.63) is 52.9 Å². The first-order valence-electron chi connectivity index (χ1n) is 5.19. The number of benzene rings is 1. The minimum absolute atomic E-state index is 0.0162. The third-order valence-electron chi connectivity index (χ3n) is 2.54. The number of nitrogens with zero attached hydrogens (tertiary/aromatic N) is 2. The van der Waals surface area contributed by atoms with E-state index in [1.54, 1.807) is 6.92 Å². The summed E-state index contributed by atoms with van der Waals surface area (Å²) in [4.78, 5) is 10.8. The standard InChI is InChI=1S/C12H10F2N2O2/c1-7-9(12(17)18)6-16(15-7)5-8-3-2-4-10(13)11(8)14/h2-4,6H,5H2,1H3,(H,17,18). The first-order valence-corrected chi connectivity index (χ1v) is 5.19. The molecule has 6 heteroatoms. The Kier molecular flexibility index (Phi) is 3.10. The molecule has 1 N–H and O–H groups in total. The molecular weight excluding hydrogens is 242 g/mol. The number of rotatable bonds is 3. The molecule has 4 nitrogen and oxygen atoms in total. The van der Waals surface area contributed by atoms with Crippen molar-refractivity contribution in [3.8, 4) is 0 Å². The second kappa shape index (κ2) is 4.56. The predicted octanol–water partition coefficient (Wildman–Crippen LogP) is 2.22. The number of carbonyl (C=O) groups is 1. The highest BCUT2D eigenvalue weighted by atomic mass is 19.2. The van der Waals surface area contributed by atoms with E-state index in [9.17, 15) is 13.6 Å². The van der Waals surface area contributed by atoms with Crippen molar-refractivity contribution in [1.29, 1.82) is 0 Å². The van der Waals surface area contributed by atoms with Crippen molar-refractivity contribution in [1.82, 2.24) is 9.78 Å². The molecule has 0 unspecified atom stereocenters. The maximum Gasteiger partial charge on any atom is 0.339 e. The molecule has 94 valence electrons. The van der Waals surface area contributed by atoms with E-state index >= 15 is 0 Å². The topological polar surface area (TPSA) is 55.1 Å². The second-order valence-corrected chi connectivity index (χ2v) is 3.84. The summed E-state index contributed by atoms with van der Waals surface area (Å²) in [5.74, 6) is -2.98. The highest BCUT2D eigenvalue weighted by molar-refractivity contribution is 5.88. The van der Waals surface area contributed by atoms with E-state index in [-0.39, 0.29) is 17.7 Å². The summed E-state index contributed by atoms with van der Waals surface area (Å²) < 4.78 is 27.7. The molecule has 1 aromatic carbocycles. The molecule has 1 aromatic heterocycles. The SMILES string of the molecule is Cc1nn(Cc2cccc(F)c2F)cc1C(=O)O. The fourth-order valence-electron chi connectivity index (χ4n) is 1.65. The van der Waals surface area contributed by atoms with Crippen LogP contribution in [0.25, 0.3) is 0 Å². The van der Waals surface area contributed by atoms with Gasteiger partial charge >= 0.3 is 5.97 Å². The number of aromatic nitrogens is 2. The Morgan fingerprint density at radius 2 is 2.17 bits per heavy atom. The monoisotopic (exact) mass is 252 g/mol. The molecule has 0 saturated carbocycles. The lowest BCUT2D eigenvalue weighted by Crippen LogP contribution is -2.04. The van der Waals surface area contributed by atoms with Gasteiger partial charge in [-0.2, -0.15) is 5.10 Å². The largest absolute Gasteiger partial charge is 0.478 e. The molecule has 2 aromatic rings. The highest BCUT2D eigenvalue weighted by Crippen LogP contribution is 2.14. The number of carboxylic acid groups (broad SMARTS) is 1. The lowest BCUT2D eigenvalue weighted by molar-refractivity contribution is 0.0696. The Hall–Kier alpha value is -2.24. The number of halogens is 2. The number of aryl methyl sites for hydroxylation is 1. The van der Waals surface area contributed by atoms with Crippen LogP contribution in [0, 0.1) is 18.6 Å². The zero-order valence-electron chi connectivity index (χ0n) is 9.52. The summed E-state index contributed by atoms with van der Waals surface area (Å²) in [5, 5.41) is 12.8. The Morgan fingerprint density at radius 1 is 1.44 bits per heavy atom. The summed E-state index contributed by atoms with van der Waals surface area (Å²) in [5.41, 5.74) is 0.501. The van der Waals surface area contributed by atoms with Crippen LogP contribution in [0.2, 0.25) is 0 Å². The van der Waals surface area contributed by atoms with E-state index in [1.165, 1.54) is 23.0 Å². The van der Waals surface area contributed by atoms with Gasteiger partial charge in [0.05, 0.1) is 12.2 Å². The van der Waals surface area contributed by atoms with Gasteiger partial charge in [0.25, 0.3) is 0 Å². The normalized spacial score (nSPS) is 10.6. The zero-order chi connectivity index (χ0) is 13.3. The third-order valence-corrected chi connectivity index (χ3v) is 2.54. The summed E-state index contributed by atoms with van der Waals surface area (Å²) >= 11 is 0. The van der Waals surface area contributed by atoms with Crippen molar-refractivity contribution in [2.75, 3.05) is 0 Å². The summed E-state index contributed by atoms with van der Waals surface area (Å²) in [6.07, 6.45) is 1.29. The number of hydrogen-bond donors (Lipinski definition) is 1. The average molecular weight is 252 g/mol. The van der Waals surface area contributed by atoms with Gasteiger partial charge in [0.1, 0.15) is 5.56 Å². The zero-order valence-corrected chi connectivity index (χ0v) is 9.52. The summed E-state index contributed by atoms with van der Waals surface area (Å²) in [6, 6.07) is 3.84. The molecule has 0 amide bonds. The molecule has 0 aliphatic rings. The van der Waals surface area contributed by atoms with Gasteiger partial charge in [-0.05, 0) is 13.0 Å². The van der Waals surface area contributed by atoms with Gasteiger partial charge in [0.2, 0.25) is 0 Å². The van der Waals surface area contributed by atoms with Crippen molar-refractivity contribution in [2.45, 2.75) is 13.5 Å². The van der Waals surface area contributed by atoms with Crippen LogP contribution < -0.4 is 0 Å². The molecule has 0 aliphatic heterocycles. The van der Waals surface area contributed by atoms with Crippen LogP contribution in [0.1, 0.15) is 21.6 Å². The van der Waals surface area contributed by atoms with Gasteiger partial charge in [0, 0.05) is 11.8 Å². The fraction of sp³-hybridized carbons (Fsp3) is 0.167. The fourth-order valence-corrected chi connectivity index (χ4v) is 1.65. The van der Waals surface area contributed by atoms with Crippen LogP contribution in [0.5, 0.6) is 0 Å². The van der Waals surface area contributed by atoms with Gasteiger partial charge in [-0.1, -0.05) is 12.1 Å². The number of aromatic carboxylic acids is 1. The quantitative estimate of drug-likeness (QED) is 0.911. The van der Waals surface area contributed by atoms with Crippen LogP contribution in [-0.4, -0.2) is 20.9 Å². The number of carboxylic acids is 1. The minimum atomic E-state index is -1.10. The average Bonchev–Trinajstić information content (AvgIpc) is 2.66. The summed E-state index contributed by atoms with van der Waals surface area (Å²) in [7, 11) is 0. The maximum absolute atomic E-state index is 13.4. The van der Waals surface area contributed by atoms with Gasteiger partial charge < -0.3 is 5.11 Å². The van der Waals surface area contributed by atoms with Gasteiger partial charge in [-0.25, -0.2) is 13.6 Å². The predicted molar refractivity (Wildman–Crippen MR) is 59.4 cm³/mol. The number of hydrogen-bond acceptors (Lipinski definition) is 2. The smallest absolute Gasteiger partial charge is 0.339 e. The van der Waals surface area contributed by atoms with Gasteiger partial charge in [-0.15, -0.1) is 0 Å².